The number of fused-ring (bicyclic) bond motifs is 1. The highest BCUT2D eigenvalue weighted by molar-refractivity contribution is 7.86. The van der Waals surface area contributed by atoms with Gasteiger partial charge in [0.25, 0.3) is 0 Å². The van der Waals surface area contributed by atoms with E-state index in [2.05, 4.69) is 15.3 Å². The number of phenolic OH excluding ortho intramolecular Hbond substituents is 2. The minimum absolute atomic E-state index is 0.00866. The van der Waals surface area contributed by atoms with Crippen LogP contribution in [-0.4, -0.2) is 26.4 Å². The minimum atomic E-state index is -0.572. The van der Waals surface area contributed by atoms with Crippen LogP contribution >= 0.6 is 0 Å². The maximum atomic E-state index is 14.3. The molecule has 152 valence electrons. The predicted molar refractivity (Wildman–Crippen MR) is 117 cm³/mol. The molecule has 4 aromatic rings. The van der Waals surface area contributed by atoms with Crippen LogP contribution in [0.1, 0.15) is 5.56 Å². The summed E-state index contributed by atoms with van der Waals surface area (Å²) < 4.78 is 19.0. The smallest absolute Gasteiger partial charge is 0.147 e. The molecule has 3 N–H and O–H groups in total. The average molecular weight is 422 g/mol. The second-order valence-electron chi connectivity index (χ2n) is 6.70. The van der Waals surface area contributed by atoms with Crippen molar-refractivity contribution in [3.63, 3.8) is 0 Å². The predicted octanol–water partition coefficient (Wildman–Crippen LogP) is 5.35. The third-order valence-electron chi connectivity index (χ3n) is 4.58. The molecular formula is C22H19FN4O2S. The molecule has 0 saturated heterocycles. The molecule has 3 aromatic carbocycles. The lowest BCUT2D eigenvalue weighted by molar-refractivity contribution is 0.462. The molecule has 0 spiro atoms. The summed E-state index contributed by atoms with van der Waals surface area (Å²) in [5.41, 5.74) is 1.92. The number of nitrogens with zero attached hydrogens (tertiary/aromatic N) is 3. The number of nitrogens with one attached hydrogen (secondary N) is 1. The SMILES string of the molecule is Cc1cc(F)c(Nc2ncnc3ccc(N=S(C)c4ccccc4O)cc23)cc1O. The van der Waals surface area contributed by atoms with Gasteiger partial charge < -0.3 is 15.5 Å². The Balaban J connectivity index is 1.75. The summed E-state index contributed by atoms with van der Waals surface area (Å²) in [7, 11) is -0.572. The first-order valence-corrected chi connectivity index (χ1v) is 10.7. The van der Waals surface area contributed by atoms with E-state index in [4.69, 9.17) is 4.36 Å². The van der Waals surface area contributed by atoms with E-state index in [1.807, 2.05) is 36.6 Å². The molecule has 1 atom stereocenters. The van der Waals surface area contributed by atoms with Gasteiger partial charge in [0.1, 0.15) is 29.5 Å². The zero-order chi connectivity index (χ0) is 21.3. The van der Waals surface area contributed by atoms with Gasteiger partial charge in [-0.25, -0.2) is 18.7 Å². The lowest BCUT2D eigenvalue weighted by atomic mass is 10.1. The van der Waals surface area contributed by atoms with Crippen molar-refractivity contribution in [2.75, 3.05) is 11.6 Å². The normalized spacial score (nSPS) is 12.2. The van der Waals surface area contributed by atoms with Gasteiger partial charge in [-0.1, -0.05) is 22.8 Å². The van der Waals surface area contributed by atoms with Crippen molar-refractivity contribution in [3.8, 4) is 11.5 Å². The van der Waals surface area contributed by atoms with Crippen LogP contribution < -0.4 is 5.32 Å². The second kappa shape index (κ2) is 8.08. The maximum absolute atomic E-state index is 14.3. The summed E-state index contributed by atoms with van der Waals surface area (Å²) in [5.74, 6) is 0.101. The summed E-state index contributed by atoms with van der Waals surface area (Å²) in [6.45, 7) is 1.63. The Labute approximate surface area is 175 Å². The fourth-order valence-corrected chi connectivity index (χ4v) is 4.17. The zero-order valence-electron chi connectivity index (χ0n) is 16.3. The Morgan fingerprint density at radius 3 is 2.60 bits per heavy atom. The maximum Gasteiger partial charge on any atom is 0.147 e. The number of halogens is 1. The van der Waals surface area contributed by atoms with Gasteiger partial charge in [-0.3, -0.25) is 0 Å². The van der Waals surface area contributed by atoms with Crippen LogP contribution in [0.4, 0.5) is 21.6 Å². The largest absolute Gasteiger partial charge is 0.508 e. The molecule has 1 aromatic heterocycles. The first-order chi connectivity index (χ1) is 14.4. The third kappa shape index (κ3) is 3.95. The van der Waals surface area contributed by atoms with E-state index in [1.54, 1.807) is 19.1 Å². The van der Waals surface area contributed by atoms with Crippen LogP contribution in [0.2, 0.25) is 0 Å². The summed E-state index contributed by atoms with van der Waals surface area (Å²) in [4.78, 5) is 9.24. The highest BCUT2D eigenvalue weighted by Crippen LogP contribution is 2.31. The van der Waals surface area contributed by atoms with E-state index >= 15 is 0 Å². The van der Waals surface area contributed by atoms with Crippen molar-refractivity contribution in [1.29, 1.82) is 0 Å². The molecule has 6 nitrogen and oxygen atoms in total. The van der Waals surface area contributed by atoms with Gasteiger partial charge in [-0.15, -0.1) is 0 Å². The molecule has 1 unspecified atom stereocenters. The van der Waals surface area contributed by atoms with Crippen molar-refractivity contribution in [1.82, 2.24) is 9.97 Å². The van der Waals surface area contributed by atoms with E-state index in [9.17, 15) is 14.6 Å². The number of rotatable bonds is 4. The van der Waals surface area contributed by atoms with Crippen LogP contribution in [0.25, 0.3) is 10.9 Å². The molecule has 0 fully saturated rings. The van der Waals surface area contributed by atoms with Gasteiger partial charge in [0.15, 0.2) is 0 Å². The molecule has 1 heterocycles. The van der Waals surface area contributed by atoms with Crippen molar-refractivity contribution in [2.24, 2.45) is 4.36 Å². The van der Waals surface area contributed by atoms with Gasteiger partial charge in [0, 0.05) is 11.5 Å². The number of aryl methyl sites for hydroxylation is 1. The van der Waals surface area contributed by atoms with Crippen LogP contribution in [-0.2, 0) is 10.7 Å². The molecule has 0 aliphatic heterocycles. The molecule has 0 amide bonds. The number of para-hydroxylation sites is 1. The molecule has 4 rings (SSSR count). The molecule has 0 saturated carbocycles. The first kappa shape index (κ1) is 19.8. The number of aromatic nitrogens is 2. The van der Waals surface area contributed by atoms with E-state index in [1.165, 1.54) is 18.5 Å². The van der Waals surface area contributed by atoms with E-state index < -0.39 is 16.5 Å². The van der Waals surface area contributed by atoms with Gasteiger partial charge in [-0.2, -0.15) is 0 Å². The molecule has 0 radical (unpaired) electrons. The summed E-state index contributed by atoms with van der Waals surface area (Å²) in [6, 6.07) is 15.1. The molecular weight excluding hydrogens is 403 g/mol. The standard InChI is InChI=1S/C22H19FN4O2S/c1-13-9-16(23)18(11-20(13)29)26-22-15-10-14(7-8-17(15)24-12-25-22)27-30(2)21-6-4-3-5-19(21)28/h3-12,28-29H,1-2H3,(H,24,25,26). The highest BCUT2D eigenvalue weighted by atomic mass is 32.2. The molecule has 30 heavy (non-hydrogen) atoms. The Hall–Kier alpha value is -3.52. The molecule has 0 aliphatic carbocycles. The summed E-state index contributed by atoms with van der Waals surface area (Å²) in [6.07, 6.45) is 3.31. The van der Waals surface area contributed by atoms with Crippen molar-refractivity contribution >= 4 is 38.8 Å². The Morgan fingerprint density at radius 1 is 1.00 bits per heavy atom. The van der Waals surface area contributed by atoms with Crippen LogP contribution in [0.3, 0.4) is 0 Å². The van der Waals surface area contributed by atoms with Gasteiger partial charge in [0.2, 0.25) is 0 Å². The fourth-order valence-electron chi connectivity index (χ4n) is 3.00. The number of anilines is 2. The van der Waals surface area contributed by atoms with E-state index in [0.717, 1.165) is 4.90 Å². The summed E-state index contributed by atoms with van der Waals surface area (Å²) in [5, 5.41) is 23.6. The van der Waals surface area contributed by atoms with E-state index in [0.29, 0.717) is 28.0 Å². The number of aromatic hydroxyl groups is 2. The Morgan fingerprint density at radius 2 is 1.80 bits per heavy atom. The Bertz CT molecular complexity index is 1290. The van der Waals surface area contributed by atoms with Crippen LogP contribution in [0.15, 0.2) is 70.2 Å². The fraction of sp³-hybridized carbons (Fsp3) is 0.0909. The summed E-state index contributed by atoms with van der Waals surface area (Å²) >= 11 is 0. The number of hydrogen-bond donors (Lipinski definition) is 3. The second-order valence-corrected chi connectivity index (χ2v) is 8.28. The third-order valence-corrected chi connectivity index (χ3v) is 6.05. The molecule has 0 bridgehead atoms. The molecule has 8 heteroatoms. The monoisotopic (exact) mass is 422 g/mol. The Kier molecular flexibility index (Phi) is 5.33. The van der Waals surface area contributed by atoms with Gasteiger partial charge in [0.05, 0.1) is 21.8 Å². The van der Waals surface area contributed by atoms with Crippen LogP contribution in [0, 0.1) is 12.7 Å². The zero-order valence-corrected chi connectivity index (χ0v) is 17.1. The van der Waals surface area contributed by atoms with Crippen LogP contribution in [0.5, 0.6) is 11.5 Å². The minimum Gasteiger partial charge on any atom is -0.508 e. The first-order valence-electron chi connectivity index (χ1n) is 9.09. The highest BCUT2D eigenvalue weighted by Gasteiger charge is 2.11. The van der Waals surface area contributed by atoms with Gasteiger partial charge in [-0.05, 0) is 55.1 Å². The van der Waals surface area contributed by atoms with Crippen molar-refractivity contribution in [3.05, 3.63) is 72.3 Å². The van der Waals surface area contributed by atoms with E-state index in [-0.39, 0.29) is 17.2 Å². The quantitative estimate of drug-likeness (QED) is 0.412. The average Bonchev–Trinajstić information content (AvgIpc) is 2.72. The van der Waals surface area contributed by atoms with Gasteiger partial charge >= 0.3 is 0 Å². The lowest BCUT2D eigenvalue weighted by Crippen LogP contribution is -1.99. The van der Waals surface area contributed by atoms with Crippen molar-refractivity contribution < 1.29 is 14.6 Å². The topological polar surface area (TPSA) is 90.6 Å². The lowest BCUT2D eigenvalue weighted by Gasteiger charge is -2.11. The number of benzene rings is 3. The van der Waals surface area contributed by atoms with Crippen molar-refractivity contribution in [2.45, 2.75) is 11.8 Å². The molecule has 0 aliphatic rings. The number of hydrogen-bond acceptors (Lipinski definition) is 6. The number of phenols is 2.